The van der Waals surface area contributed by atoms with E-state index >= 15 is 0 Å². The average molecular weight is 159 g/mol. The molecule has 0 bridgehead atoms. The third-order valence-electron chi connectivity index (χ3n) is 1.01. The van der Waals surface area contributed by atoms with Gasteiger partial charge in [-0.1, -0.05) is 12.1 Å². The van der Waals surface area contributed by atoms with E-state index in [0.29, 0.717) is 12.1 Å². The zero-order chi connectivity index (χ0) is 8.85. The van der Waals surface area contributed by atoms with Crippen LogP contribution in [0.3, 0.4) is 0 Å². The molecule has 0 saturated carbocycles. The standard InChI is InChI=1S/C7H13NO3/c1-4-6(7(9)10)11-8-5(2)3/h6H,4H2,1-3H3,(H,9,10)/t6-/m1/s1. The predicted octanol–water partition coefficient (Wildman–Crippen LogP) is 1.26. The molecule has 1 N–H and O–H groups in total. The van der Waals surface area contributed by atoms with E-state index < -0.39 is 12.1 Å². The largest absolute Gasteiger partial charge is 0.478 e. The van der Waals surface area contributed by atoms with Crippen molar-refractivity contribution in [2.24, 2.45) is 5.16 Å². The molecule has 0 aromatic rings. The molecule has 0 heterocycles. The van der Waals surface area contributed by atoms with E-state index in [1.54, 1.807) is 20.8 Å². The van der Waals surface area contributed by atoms with Crippen LogP contribution in [-0.4, -0.2) is 22.9 Å². The van der Waals surface area contributed by atoms with Gasteiger partial charge in [-0.05, 0) is 20.3 Å². The maximum atomic E-state index is 10.3. The summed E-state index contributed by atoms with van der Waals surface area (Å²) in [6, 6.07) is 0. The minimum absolute atomic E-state index is 0.423. The monoisotopic (exact) mass is 159 g/mol. The highest BCUT2D eigenvalue weighted by Crippen LogP contribution is 1.98. The average Bonchev–Trinajstić information content (AvgIpc) is 1.87. The third kappa shape index (κ3) is 4.36. The van der Waals surface area contributed by atoms with Crippen molar-refractivity contribution in [3.63, 3.8) is 0 Å². The van der Waals surface area contributed by atoms with Gasteiger partial charge < -0.3 is 9.94 Å². The number of carboxylic acid groups (broad SMARTS) is 1. The summed E-state index contributed by atoms with van der Waals surface area (Å²) in [7, 11) is 0. The van der Waals surface area contributed by atoms with Crippen LogP contribution in [0, 0.1) is 0 Å². The van der Waals surface area contributed by atoms with Gasteiger partial charge >= 0.3 is 5.97 Å². The van der Waals surface area contributed by atoms with Crippen molar-refractivity contribution in [3.8, 4) is 0 Å². The van der Waals surface area contributed by atoms with Gasteiger partial charge in [-0.3, -0.25) is 0 Å². The molecular formula is C7H13NO3. The molecule has 64 valence electrons. The van der Waals surface area contributed by atoms with E-state index in [2.05, 4.69) is 5.16 Å². The summed E-state index contributed by atoms with van der Waals surface area (Å²) >= 11 is 0. The lowest BCUT2D eigenvalue weighted by Gasteiger charge is -2.06. The van der Waals surface area contributed by atoms with Crippen LogP contribution in [0.25, 0.3) is 0 Å². The Morgan fingerprint density at radius 1 is 1.64 bits per heavy atom. The number of carbonyl (C=O) groups is 1. The van der Waals surface area contributed by atoms with E-state index in [9.17, 15) is 4.79 Å². The Labute approximate surface area is 65.8 Å². The van der Waals surface area contributed by atoms with Crippen LogP contribution >= 0.6 is 0 Å². The summed E-state index contributed by atoms with van der Waals surface area (Å²) in [6.07, 6.45) is -0.392. The van der Waals surface area contributed by atoms with Crippen molar-refractivity contribution < 1.29 is 14.7 Å². The van der Waals surface area contributed by atoms with Gasteiger partial charge in [0.2, 0.25) is 6.10 Å². The lowest BCUT2D eigenvalue weighted by molar-refractivity contribution is -0.150. The quantitative estimate of drug-likeness (QED) is 0.496. The first-order valence-corrected chi connectivity index (χ1v) is 3.47. The van der Waals surface area contributed by atoms with Gasteiger partial charge in [-0.2, -0.15) is 0 Å². The molecule has 0 radical (unpaired) electrons. The normalized spacial score (nSPS) is 11.9. The molecule has 0 aliphatic heterocycles. The lowest BCUT2D eigenvalue weighted by Crippen LogP contribution is -2.20. The van der Waals surface area contributed by atoms with Crippen molar-refractivity contribution in [3.05, 3.63) is 0 Å². The SMILES string of the molecule is CC[C@@H](ON=C(C)C)C(=O)O. The van der Waals surface area contributed by atoms with E-state index in [4.69, 9.17) is 9.94 Å². The molecule has 0 aromatic carbocycles. The Balaban J connectivity index is 3.89. The summed E-state index contributed by atoms with van der Waals surface area (Å²) in [6.45, 7) is 5.22. The maximum Gasteiger partial charge on any atom is 0.347 e. The lowest BCUT2D eigenvalue weighted by atomic mass is 10.3. The molecular weight excluding hydrogens is 146 g/mol. The molecule has 0 amide bonds. The van der Waals surface area contributed by atoms with Crippen LogP contribution < -0.4 is 0 Å². The first kappa shape index (κ1) is 9.94. The molecule has 0 aliphatic carbocycles. The predicted molar refractivity (Wildman–Crippen MR) is 41.6 cm³/mol. The zero-order valence-electron chi connectivity index (χ0n) is 7.00. The molecule has 4 heteroatoms. The second-order valence-electron chi connectivity index (χ2n) is 2.38. The number of carboxylic acids is 1. The van der Waals surface area contributed by atoms with E-state index in [-0.39, 0.29) is 0 Å². The van der Waals surface area contributed by atoms with Gasteiger partial charge in [0, 0.05) is 0 Å². The van der Waals surface area contributed by atoms with Gasteiger partial charge in [-0.25, -0.2) is 4.79 Å². The number of hydrogen-bond acceptors (Lipinski definition) is 3. The highest BCUT2D eigenvalue weighted by atomic mass is 16.6. The van der Waals surface area contributed by atoms with Crippen LogP contribution in [-0.2, 0) is 9.63 Å². The highest BCUT2D eigenvalue weighted by molar-refractivity contribution is 5.78. The molecule has 0 unspecified atom stereocenters. The fraction of sp³-hybridized carbons (Fsp3) is 0.714. The van der Waals surface area contributed by atoms with Gasteiger partial charge in [-0.15, -0.1) is 0 Å². The topological polar surface area (TPSA) is 58.9 Å². The number of rotatable bonds is 4. The van der Waals surface area contributed by atoms with Crippen LogP contribution in [0.1, 0.15) is 27.2 Å². The Kier molecular flexibility index (Phi) is 4.26. The van der Waals surface area contributed by atoms with Crippen LogP contribution in [0.4, 0.5) is 0 Å². The van der Waals surface area contributed by atoms with E-state index in [1.807, 2.05) is 0 Å². The number of hydrogen-bond donors (Lipinski definition) is 1. The summed E-state index contributed by atoms with van der Waals surface area (Å²) in [5, 5.41) is 12.0. The van der Waals surface area contributed by atoms with Crippen molar-refractivity contribution in [2.75, 3.05) is 0 Å². The van der Waals surface area contributed by atoms with Crippen molar-refractivity contribution in [1.29, 1.82) is 0 Å². The second kappa shape index (κ2) is 4.71. The van der Waals surface area contributed by atoms with Gasteiger partial charge in [0.1, 0.15) is 0 Å². The highest BCUT2D eigenvalue weighted by Gasteiger charge is 2.15. The summed E-state index contributed by atoms with van der Waals surface area (Å²) in [5.41, 5.74) is 0.713. The first-order chi connectivity index (χ1) is 5.07. The summed E-state index contributed by atoms with van der Waals surface area (Å²) in [4.78, 5) is 15.1. The summed E-state index contributed by atoms with van der Waals surface area (Å²) < 4.78 is 0. The van der Waals surface area contributed by atoms with Crippen LogP contribution in [0.15, 0.2) is 5.16 Å². The smallest absolute Gasteiger partial charge is 0.347 e. The maximum absolute atomic E-state index is 10.3. The Bertz CT molecular complexity index is 161. The third-order valence-corrected chi connectivity index (χ3v) is 1.01. The number of aliphatic carboxylic acids is 1. The summed E-state index contributed by atoms with van der Waals surface area (Å²) in [5.74, 6) is -0.975. The van der Waals surface area contributed by atoms with Crippen LogP contribution in [0.2, 0.25) is 0 Å². The van der Waals surface area contributed by atoms with Crippen molar-refractivity contribution in [2.45, 2.75) is 33.3 Å². The van der Waals surface area contributed by atoms with Crippen molar-refractivity contribution in [1.82, 2.24) is 0 Å². The van der Waals surface area contributed by atoms with E-state index in [0.717, 1.165) is 0 Å². The Morgan fingerprint density at radius 2 is 2.18 bits per heavy atom. The molecule has 0 spiro atoms. The molecule has 11 heavy (non-hydrogen) atoms. The van der Waals surface area contributed by atoms with Crippen LogP contribution in [0.5, 0.6) is 0 Å². The molecule has 0 aliphatic rings. The molecule has 0 fully saturated rings. The minimum Gasteiger partial charge on any atom is -0.478 e. The van der Waals surface area contributed by atoms with Gasteiger partial charge in [0.25, 0.3) is 0 Å². The molecule has 0 saturated heterocycles. The fourth-order valence-corrected chi connectivity index (χ4v) is 0.463. The van der Waals surface area contributed by atoms with Crippen molar-refractivity contribution >= 4 is 11.7 Å². The Hall–Kier alpha value is -1.06. The zero-order valence-corrected chi connectivity index (χ0v) is 7.00. The molecule has 4 nitrogen and oxygen atoms in total. The van der Waals surface area contributed by atoms with Gasteiger partial charge in [0.05, 0.1) is 5.71 Å². The number of nitrogens with zero attached hydrogens (tertiary/aromatic N) is 1. The molecule has 1 atom stereocenters. The fourth-order valence-electron chi connectivity index (χ4n) is 0.463. The first-order valence-electron chi connectivity index (χ1n) is 3.47. The number of oxime groups is 1. The van der Waals surface area contributed by atoms with Gasteiger partial charge in [0.15, 0.2) is 0 Å². The molecule has 0 aromatic heterocycles. The second-order valence-corrected chi connectivity index (χ2v) is 2.38. The van der Waals surface area contributed by atoms with E-state index in [1.165, 1.54) is 0 Å². The minimum atomic E-state index is -0.975. The molecule has 0 rings (SSSR count). The Morgan fingerprint density at radius 3 is 2.45 bits per heavy atom.